The number of hydrogen-bond acceptors (Lipinski definition) is 1. The lowest BCUT2D eigenvalue weighted by Crippen LogP contribution is -2.55. The molecule has 0 aliphatic heterocycles. The van der Waals surface area contributed by atoms with E-state index < -0.39 is 0 Å². The van der Waals surface area contributed by atoms with Crippen LogP contribution in [0.4, 0.5) is 0 Å². The molecule has 0 aliphatic rings. The first-order chi connectivity index (χ1) is 21.1. The summed E-state index contributed by atoms with van der Waals surface area (Å²) in [5.74, 6) is 0.757. The molecule has 0 spiro atoms. The van der Waals surface area contributed by atoms with Gasteiger partial charge in [-0.25, -0.2) is 0 Å². The molecule has 182 valence electrons. The Labute approximate surface area is 268 Å². The van der Waals surface area contributed by atoms with Gasteiger partial charge >= 0.3 is 0 Å². The van der Waals surface area contributed by atoms with E-state index >= 15 is 0 Å². The zero-order valence-electron chi connectivity index (χ0n) is 23.6. The van der Waals surface area contributed by atoms with Crippen LogP contribution in [-0.4, -0.2) is 70.6 Å². The summed E-state index contributed by atoms with van der Waals surface area (Å²) >= 11 is 0. The Balaban J connectivity index is 1.66. The van der Waals surface area contributed by atoms with Crippen molar-refractivity contribution < 1.29 is 4.42 Å². The summed E-state index contributed by atoms with van der Waals surface area (Å²) in [5, 5.41) is 3.61. The third-order valence-electron chi connectivity index (χ3n) is 8.44. The lowest BCUT2D eigenvalue weighted by molar-refractivity contribution is 0.631. The average molecular weight is 535 g/mol. The molecule has 10 heteroatoms. The van der Waals surface area contributed by atoms with Gasteiger partial charge in [-0.15, -0.1) is 27.3 Å². The largest absolute Gasteiger partial charge is 0.456 e. The van der Waals surface area contributed by atoms with Crippen molar-refractivity contribution in [1.82, 2.24) is 0 Å². The van der Waals surface area contributed by atoms with Crippen molar-refractivity contribution >= 4 is 152 Å². The molecule has 1 heterocycles. The van der Waals surface area contributed by atoms with Crippen molar-refractivity contribution in [3.8, 4) is 33.6 Å². The highest BCUT2D eigenvalue weighted by atomic mass is 16.3. The van der Waals surface area contributed by atoms with E-state index in [-0.39, 0.29) is 49.2 Å². The van der Waals surface area contributed by atoms with Gasteiger partial charge in [0, 0.05) is 10.9 Å². The molecular weight excluding hydrogens is 522 g/mol. The van der Waals surface area contributed by atoms with Crippen molar-refractivity contribution in [2.24, 2.45) is 0 Å². The van der Waals surface area contributed by atoms with Crippen LogP contribution in [0.25, 0.3) is 66.1 Å². The molecule has 0 saturated heterocycles. The van der Waals surface area contributed by atoms with Gasteiger partial charge < -0.3 is 4.42 Å². The van der Waals surface area contributed by atoms with Crippen LogP contribution >= 0.6 is 0 Å². The van der Waals surface area contributed by atoms with Crippen LogP contribution in [0.3, 0.4) is 0 Å². The van der Waals surface area contributed by atoms with Gasteiger partial charge in [-0.1, -0.05) is 82.5 Å². The quantitative estimate of drug-likeness (QED) is 0.207. The molecule has 0 aliphatic carbocycles. The summed E-state index contributed by atoms with van der Waals surface area (Å²) in [5.41, 5.74) is 5.78. The van der Waals surface area contributed by atoms with E-state index in [2.05, 4.69) is 6.07 Å². The molecule has 7 aromatic rings. The maximum absolute atomic E-state index is 6.81. The first-order valence-corrected chi connectivity index (χ1v) is 13.8. The monoisotopic (exact) mass is 536 g/mol. The third kappa shape index (κ3) is 4.14. The normalized spacial score (nSPS) is 11.5. The molecule has 44 heavy (non-hydrogen) atoms. The highest BCUT2D eigenvalue weighted by Crippen LogP contribution is 2.42. The van der Waals surface area contributed by atoms with Crippen molar-refractivity contribution in [2.45, 2.75) is 0 Å². The van der Waals surface area contributed by atoms with Crippen LogP contribution in [0.5, 0.6) is 0 Å². The summed E-state index contributed by atoms with van der Waals surface area (Å²) in [6, 6.07) is 25.7. The summed E-state index contributed by atoms with van der Waals surface area (Å²) in [6.45, 7) is 0. The summed E-state index contributed by atoms with van der Waals surface area (Å²) in [6.07, 6.45) is 0. The van der Waals surface area contributed by atoms with Crippen molar-refractivity contribution in [3.63, 3.8) is 0 Å². The fourth-order valence-electron chi connectivity index (χ4n) is 6.16. The molecule has 0 unspecified atom stereocenters. The van der Waals surface area contributed by atoms with E-state index in [1.807, 2.05) is 72.8 Å². The van der Waals surface area contributed by atoms with Crippen LogP contribution < -0.4 is 49.2 Å². The maximum Gasteiger partial charge on any atom is 0.135 e. The lowest BCUT2D eigenvalue weighted by Gasteiger charge is -2.28. The van der Waals surface area contributed by atoms with Crippen LogP contribution in [0.2, 0.25) is 0 Å². The van der Waals surface area contributed by atoms with E-state index in [1.54, 1.807) is 0 Å². The number of fused-ring (bicyclic) bond motifs is 3. The molecule has 0 bridgehead atoms. The molecule has 1 nitrogen and oxygen atoms in total. The Hall–Kier alpha value is -4.04. The molecule has 7 rings (SSSR count). The molecule has 0 saturated carbocycles. The molecule has 0 N–H and O–H groups in total. The number of hydrogen-bond donors (Lipinski definition) is 0. The van der Waals surface area contributed by atoms with Crippen molar-refractivity contribution in [1.29, 1.82) is 0 Å². The van der Waals surface area contributed by atoms with Gasteiger partial charge in [-0.05, 0) is 62.0 Å². The van der Waals surface area contributed by atoms with Gasteiger partial charge in [0.15, 0.2) is 0 Å². The van der Waals surface area contributed by atoms with E-state index in [0.29, 0.717) is 21.9 Å². The molecule has 0 amide bonds. The second-order valence-corrected chi connectivity index (χ2v) is 10.9. The first kappa shape index (κ1) is 28.7. The average Bonchev–Trinajstić information content (AvgIpc) is 3.48. The molecule has 0 atom stereocenters. The fraction of sp³-hybridized carbons (Fsp3) is 0. The number of benzene rings is 6. The summed E-state index contributed by atoms with van der Waals surface area (Å²) in [4.78, 5) is 0. The minimum Gasteiger partial charge on any atom is -0.456 e. The van der Waals surface area contributed by atoms with Gasteiger partial charge in [0.05, 0.1) is 0 Å². The number of rotatable bonds is 3. The molecule has 6 aromatic carbocycles. The Morgan fingerprint density at radius 1 is 0.386 bits per heavy atom. The van der Waals surface area contributed by atoms with Crippen molar-refractivity contribution in [2.75, 3.05) is 0 Å². The van der Waals surface area contributed by atoms with Gasteiger partial charge in [0.1, 0.15) is 82.0 Å². The predicted octanol–water partition coefficient (Wildman–Crippen LogP) is -1.12. The second kappa shape index (κ2) is 10.5. The van der Waals surface area contributed by atoms with Crippen LogP contribution in [0, 0.1) is 0 Å². The lowest BCUT2D eigenvalue weighted by atomic mass is 9.58. The number of furan rings is 1. The molecule has 18 radical (unpaired) electrons. The topological polar surface area (TPSA) is 13.1 Å². The van der Waals surface area contributed by atoms with Crippen LogP contribution in [0.15, 0.2) is 83.3 Å². The maximum atomic E-state index is 6.81. The molecule has 1 aromatic heterocycles. The third-order valence-corrected chi connectivity index (χ3v) is 8.44. The summed E-state index contributed by atoms with van der Waals surface area (Å²) in [7, 11) is 58.5. The Bertz CT molecular complexity index is 2300. The Morgan fingerprint density at radius 3 is 1.50 bits per heavy atom. The van der Waals surface area contributed by atoms with Gasteiger partial charge in [0.2, 0.25) is 0 Å². The molecule has 0 fully saturated rings. The van der Waals surface area contributed by atoms with Gasteiger partial charge in [0.25, 0.3) is 0 Å². The molecular formula is C34H13B9O. The predicted molar refractivity (Wildman–Crippen MR) is 196 cm³/mol. The second-order valence-electron chi connectivity index (χ2n) is 10.9. The van der Waals surface area contributed by atoms with Crippen molar-refractivity contribution in [3.05, 3.63) is 78.9 Å². The Kier molecular flexibility index (Phi) is 6.89. The zero-order chi connectivity index (χ0) is 31.0. The van der Waals surface area contributed by atoms with Crippen LogP contribution in [-0.2, 0) is 0 Å². The van der Waals surface area contributed by atoms with E-state index in [0.717, 1.165) is 44.2 Å². The minimum absolute atomic E-state index is 0.105. The smallest absolute Gasteiger partial charge is 0.135 e. The van der Waals surface area contributed by atoms with Crippen LogP contribution in [0.1, 0.15) is 0 Å². The first-order valence-electron chi connectivity index (χ1n) is 13.8. The standard InChI is InChI=1S/C34H13B9O/c35-26-23-21(15-10-11-19-16(12-15)13-20(44-19)14-6-2-1-3-7-14)17-8-4-5-9-18(17)22(24(23)27(36)31(40)30(26)39)25-28(37)32(41)34(43)33(42)29(25)38/h1-13H. The van der Waals surface area contributed by atoms with E-state index in [9.17, 15) is 0 Å². The van der Waals surface area contributed by atoms with Gasteiger partial charge in [-0.3, -0.25) is 0 Å². The highest BCUT2D eigenvalue weighted by molar-refractivity contribution is 6.71. The fourth-order valence-corrected chi connectivity index (χ4v) is 6.16. The summed E-state index contributed by atoms with van der Waals surface area (Å²) < 4.78 is 6.19. The SMILES string of the molecule is [B]c1c([B])c([B])c(-c2c3ccccc3c(-c3ccc4oc(-c5ccccc5)cc4c3)c3c([B])c([B])c([B])c([B])c23)c([B])c1[B]. The van der Waals surface area contributed by atoms with E-state index in [4.69, 9.17) is 75.0 Å². The zero-order valence-corrected chi connectivity index (χ0v) is 23.6. The minimum atomic E-state index is 0.105. The highest BCUT2D eigenvalue weighted by Gasteiger charge is 2.24. The Morgan fingerprint density at radius 2 is 0.886 bits per heavy atom. The van der Waals surface area contributed by atoms with E-state index in [1.165, 1.54) is 0 Å². The van der Waals surface area contributed by atoms with Gasteiger partial charge in [-0.2, -0.15) is 0 Å².